The number of nitrogens with one attached hydrogen (secondary N) is 2. The Labute approximate surface area is 151 Å². The maximum Gasteiger partial charge on any atom is 0.258 e. The van der Waals surface area contributed by atoms with Crippen LogP contribution in [0.3, 0.4) is 0 Å². The number of rotatable bonds is 7. The van der Waals surface area contributed by atoms with Crippen molar-refractivity contribution in [3.63, 3.8) is 0 Å². The molecule has 0 spiro atoms. The zero-order chi connectivity index (χ0) is 17.4. The predicted octanol–water partition coefficient (Wildman–Crippen LogP) is 4.24. The van der Waals surface area contributed by atoms with E-state index in [1.54, 1.807) is 12.1 Å². The molecule has 0 aliphatic carbocycles. The van der Waals surface area contributed by atoms with Gasteiger partial charge in [0.15, 0.2) is 6.61 Å². The van der Waals surface area contributed by atoms with E-state index in [2.05, 4.69) is 10.6 Å². The highest BCUT2D eigenvalue weighted by molar-refractivity contribution is 6.42. The summed E-state index contributed by atoms with van der Waals surface area (Å²) in [5.41, 5.74) is 1.90. The summed E-state index contributed by atoms with van der Waals surface area (Å²) < 4.78 is 5.42. The fraction of sp³-hybridized carbons (Fsp3) is 0.167. The molecule has 126 valence electrons. The van der Waals surface area contributed by atoms with Crippen molar-refractivity contribution in [3.05, 3.63) is 64.1 Å². The van der Waals surface area contributed by atoms with Gasteiger partial charge in [0.1, 0.15) is 5.75 Å². The van der Waals surface area contributed by atoms with Gasteiger partial charge in [-0.1, -0.05) is 41.4 Å². The Bertz CT molecular complexity index is 715. The topological polar surface area (TPSA) is 50.4 Å². The molecule has 0 atom stereocenters. The predicted molar refractivity (Wildman–Crippen MR) is 100.0 cm³/mol. The summed E-state index contributed by atoms with van der Waals surface area (Å²) in [5, 5.41) is 6.78. The smallest absolute Gasteiger partial charge is 0.258 e. The average Bonchev–Trinajstić information content (AvgIpc) is 2.60. The largest absolute Gasteiger partial charge is 0.484 e. The fourth-order valence-corrected chi connectivity index (χ4v) is 2.21. The third-order valence-corrected chi connectivity index (χ3v) is 3.92. The van der Waals surface area contributed by atoms with Crippen LogP contribution in [0.5, 0.6) is 5.75 Å². The van der Waals surface area contributed by atoms with Gasteiger partial charge >= 0.3 is 0 Å². The number of hydrogen-bond acceptors (Lipinski definition) is 3. The third-order valence-electron chi connectivity index (χ3n) is 3.18. The quantitative estimate of drug-likeness (QED) is 0.772. The number of carbonyl (C=O) groups is 1. The first-order valence-electron chi connectivity index (χ1n) is 7.37. The number of anilines is 1. The summed E-state index contributed by atoms with van der Waals surface area (Å²) in [7, 11) is 1.84. The number of carbonyl (C=O) groups excluding carboxylic acids is 1. The Morgan fingerprint density at radius 1 is 1.12 bits per heavy atom. The molecule has 2 rings (SSSR count). The van der Waals surface area contributed by atoms with Crippen LogP contribution in [0.2, 0.25) is 10.0 Å². The second-order valence-corrected chi connectivity index (χ2v) is 5.76. The van der Waals surface area contributed by atoms with Crippen molar-refractivity contribution in [1.29, 1.82) is 0 Å². The van der Waals surface area contributed by atoms with E-state index in [1.165, 1.54) is 0 Å². The van der Waals surface area contributed by atoms with Crippen LogP contribution in [0.1, 0.15) is 5.56 Å². The van der Waals surface area contributed by atoms with Gasteiger partial charge in [-0.15, -0.1) is 0 Å². The number of hydrogen-bond donors (Lipinski definition) is 2. The average molecular weight is 365 g/mol. The Hall–Kier alpha value is -2.17. The van der Waals surface area contributed by atoms with Crippen LogP contribution in [-0.2, 0) is 4.79 Å². The minimum absolute atomic E-state index is 0.0283. The summed E-state index contributed by atoms with van der Waals surface area (Å²) in [4.78, 5) is 11.7. The Morgan fingerprint density at radius 2 is 1.88 bits per heavy atom. The first-order valence-corrected chi connectivity index (χ1v) is 8.13. The maximum absolute atomic E-state index is 11.7. The molecule has 0 heterocycles. The third kappa shape index (κ3) is 5.80. The standard InChI is InChI=1S/C18H18Cl2N2O2/c1-21-14-5-7-15(8-6-14)24-12-18(23)22-10-2-3-13-4-9-16(19)17(20)11-13/h2-9,11,21H,10,12H2,1H3,(H,22,23). The molecular weight excluding hydrogens is 347 g/mol. The van der Waals surface area contributed by atoms with Crippen LogP contribution in [0.4, 0.5) is 5.69 Å². The maximum atomic E-state index is 11.7. The van der Waals surface area contributed by atoms with Crippen molar-refractivity contribution >= 4 is 40.9 Å². The molecule has 6 heteroatoms. The molecule has 1 amide bonds. The van der Waals surface area contributed by atoms with Crippen molar-refractivity contribution in [1.82, 2.24) is 5.32 Å². The molecule has 0 aliphatic heterocycles. The van der Waals surface area contributed by atoms with Gasteiger partial charge in [-0.3, -0.25) is 4.79 Å². The lowest BCUT2D eigenvalue weighted by Crippen LogP contribution is -2.28. The molecular formula is C18H18Cl2N2O2. The molecule has 0 bridgehead atoms. The van der Waals surface area contributed by atoms with Crippen molar-refractivity contribution in [2.24, 2.45) is 0 Å². The lowest BCUT2D eigenvalue weighted by Gasteiger charge is -2.07. The van der Waals surface area contributed by atoms with E-state index in [-0.39, 0.29) is 12.5 Å². The van der Waals surface area contributed by atoms with Crippen molar-refractivity contribution in [2.75, 3.05) is 25.5 Å². The van der Waals surface area contributed by atoms with E-state index >= 15 is 0 Å². The molecule has 2 aromatic rings. The molecule has 4 nitrogen and oxygen atoms in total. The van der Waals surface area contributed by atoms with Gasteiger partial charge in [-0.05, 0) is 42.0 Å². The second kappa shape index (κ2) is 9.21. The van der Waals surface area contributed by atoms with Gasteiger partial charge in [0, 0.05) is 19.3 Å². The fourth-order valence-electron chi connectivity index (χ4n) is 1.90. The van der Waals surface area contributed by atoms with Gasteiger partial charge in [-0.2, -0.15) is 0 Å². The van der Waals surface area contributed by atoms with Crippen LogP contribution in [-0.4, -0.2) is 26.1 Å². The van der Waals surface area contributed by atoms with Crippen molar-refractivity contribution < 1.29 is 9.53 Å². The van der Waals surface area contributed by atoms with Crippen molar-refractivity contribution in [2.45, 2.75) is 0 Å². The zero-order valence-electron chi connectivity index (χ0n) is 13.2. The van der Waals surface area contributed by atoms with Crippen LogP contribution >= 0.6 is 23.2 Å². The number of halogens is 2. The van der Waals surface area contributed by atoms with E-state index in [9.17, 15) is 4.79 Å². The lowest BCUT2D eigenvalue weighted by atomic mass is 10.2. The first kappa shape index (κ1) is 18.2. The molecule has 2 N–H and O–H groups in total. The molecule has 2 aromatic carbocycles. The molecule has 0 aromatic heterocycles. The summed E-state index contributed by atoms with van der Waals surface area (Å²) >= 11 is 11.8. The van der Waals surface area contributed by atoms with Crippen LogP contribution in [0.25, 0.3) is 6.08 Å². The highest BCUT2D eigenvalue weighted by atomic mass is 35.5. The van der Waals surface area contributed by atoms with Gasteiger partial charge in [0.05, 0.1) is 10.0 Å². The van der Waals surface area contributed by atoms with E-state index in [0.717, 1.165) is 11.3 Å². The monoisotopic (exact) mass is 364 g/mol. The normalized spacial score (nSPS) is 10.6. The zero-order valence-corrected chi connectivity index (χ0v) is 14.7. The molecule has 0 unspecified atom stereocenters. The minimum atomic E-state index is -0.188. The van der Waals surface area contributed by atoms with Gasteiger partial charge in [0.2, 0.25) is 0 Å². The van der Waals surface area contributed by atoms with Gasteiger partial charge in [0.25, 0.3) is 5.91 Å². The van der Waals surface area contributed by atoms with E-state index in [0.29, 0.717) is 22.3 Å². The molecule has 24 heavy (non-hydrogen) atoms. The first-order chi connectivity index (χ1) is 11.6. The number of ether oxygens (including phenoxy) is 1. The second-order valence-electron chi connectivity index (χ2n) is 4.94. The highest BCUT2D eigenvalue weighted by Gasteiger charge is 2.01. The molecule has 0 saturated carbocycles. The van der Waals surface area contributed by atoms with Crippen molar-refractivity contribution in [3.8, 4) is 5.75 Å². The SMILES string of the molecule is CNc1ccc(OCC(=O)NCC=Cc2ccc(Cl)c(Cl)c2)cc1. The number of amides is 1. The van der Waals surface area contributed by atoms with E-state index < -0.39 is 0 Å². The highest BCUT2D eigenvalue weighted by Crippen LogP contribution is 2.23. The molecule has 0 aliphatic rings. The Balaban J connectivity index is 1.72. The number of benzene rings is 2. The van der Waals surface area contributed by atoms with Crippen LogP contribution in [0.15, 0.2) is 48.5 Å². The molecule has 0 radical (unpaired) electrons. The van der Waals surface area contributed by atoms with Gasteiger partial charge < -0.3 is 15.4 Å². The van der Waals surface area contributed by atoms with Gasteiger partial charge in [-0.25, -0.2) is 0 Å². The summed E-state index contributed by atoms with van der Waals surface area (Å²) in [6.07, 6.45) is 3.69. The molecule has 0 saturated heterocycles. The summed E-state index contributed by atoms with van der Waals surface area (Å²) in [6.45, 7) is 0.376. The van der Waals surface area contributed by atoms with E-state index in [4.69, 9.17) is 27.9 Å². The summed E-state index contributed by atoms with van der Waals surface area (Å²) in [5.74, 6) is 0.460. The lowest BCUT2D eigenvalue weighted by molar-refractivity contribution is -0.122. The Morgan fingerprint density at radius 3 is 2.54 bits per heavy atom. The van der Waals surface area contributed by atoms with Crippen LogP contribution < -0.4 is 15.4 Å². The van der Waals surface area contributed by atoms with E-state index in [1.807, 2.05) is 49.5 Å². The Kier molecular flexibility index (Phi) is 6.97. The van der Waals surface area contributed by atoms with Crippen LogP contribution in [0, 0.1) is 0 Å². The minimum Gasteiger partial charge on any atom is -0.484 e. The summed E-state index contributed by atoms with van der Waals surface area (Å²) in [6, 6.07) is 12.7. The molecule has 0 fully saturated rings.